The van der Waals surface area contributed by atoms with Gasteiger partial charge >= 0.3 is 5.69 Å². The van der Waals surface area contributed by atoms with Gasteiger partial charge in [0.1, 0.15) is 0 Å². The molecule has 0 aliphatic carbocycles. The van der Waals surface area contributed by atoms with Crippen molar-refractivity contribution in [2.45, 2.75) is 26.8 Å². The summed E-state index contributed by atoms with van der Waals surface area (Å²) >= 11 is 5.38. The fourth-order valence-corrected chi connectivity index (χ4v) is 1.87. The summed E-state index contributed by atoms with van der Waals surface area (Å²) in [6, 6.07) is 0. The van der Waals surface area contributed by atoms with Gasteiger partial charge in [-0.05, 0) is 19.5 Å². The monoisotopic (exact) mass is 277 g/mol. The highest BCUT2D eigenvalue weighted by molar-refractivity contribution is 6.29. The molecular weight excluding hydrogens is 261 g/mol. The molecule has 0 radical (unpaired) electrons. The van der Waals surface area contributed by atoms with Crippen LogP contribution in [0.5, 0.6) is 0 Å². The molecule has 0 unspecified atom stereocenters. The van der Waals surface area contributed by atoms with Crippen LogP contribution in [0.2, 0.25) is 5.15 Å². The number of nitrogens with zero attached hydrogens (tertiary/aromatic N) is 2. The second-order valence-electron chi connectivity index (χ2n) is 3.95. The Balaban J connectivity index is 2.89. The molecule has 0 aromatic carbocycles. The molecule has 0 fully saturated rings. The molecule has 1 rings (SSSR count). The lowest BCUT2D eigenvalue weighted by atomic mass is 10.4. The first kappa shape index (κ1) is 14.9. The van der Waals surface area contributed by atoms with Crippen molar-refractivity contribution in [1.29, 1.82) is 0 Å². The first-order valence-corrected chi connectivity index (χ1v) is 6.29. The normalized spacial score (nSPS) is 11.2. The minimum absolute atomic E-state index is 0.149. The van der Waals surface area contributed by atoms with Gasteiger partial charge in [-0.1, -0.05) is 25.4 Å². The number of hydrogen-bond donors (Lipinski definition) is 1. The van der Waals surface area contributed by atoms with Gasteiger partial charge < -0.3 is 4.90 Å². The zero-order chi connectivity index (χ0) is 13.7. The molecule has 1 heterocycles. The Morgan fingerprint density at radius 1 is 1.33 bits per heavy atom. The minimum Gasteiger partial charge on any atom is -0.302 e. The van der Waals surface area contributed by atoms with Crippen molar-refractivity contribution in [3.05, 3.63) is 31.8 Å². The maximum Gasteiger partial charge on any atom is 0.329 e. The topological polar surface area (TPSA) is 58.1 Å². The molecule has 1 aromatic heterocycles. The minimum atomic E-state index is -1.12. The van der Waals surface area contributed by atoms with Crippen LogP contribution in [0.25, 0.3) is 0 Å². The van der Waals surface area contributed by atoms with E-state index in [9.17, 15) is 14.0 Å². The van der Waals surface area contributed by atoms with E-state index in [0.29, 0.717) is 6.54 Å². The van der Waals surface area contributed by atoms with E-state index in [1.807, 2.05) is 13.8 Å². The van der Waals surface area contributed by atoms with Gasteiger partial charge in [0, 0.05) is 13.1 Å². The Labute approximate surface area is 109 Å². The molecule has 0 bridgehead atoms. The van der Waals surface area contributed by atoms with Gasteiger partial charge in [-0.25, -0.2) is 4.79 Å². The number of H-pyrrole nitrogens is 1. The summed E-state index contributed by atoms with van der Waals surface area (Å²) in [5, 5.41) is -0.540. The van der Waals surface area contributed by atoms with Gasteiger partial charge in [-0.2, -0.15) is 4.39 Å². The van der Waals surface area contributed by atoms with Gasteiger partial charge in [0.2, 0.25) is 5.82 Å². The lowest BCUT2D eigenvalue weighted by molar-refractivity contribution is 0.272. The Hall–Kier alpha value is -1.14. The summed E-state index contributed by atoms with van der Waals surface area (Å²) in [5.74, 6) is -1.12. The van der Waals surface area contributed by atoms with Crippen molar-refractivity contribution < 1.29 is 4.39 Å². The van der Waals surface area contributed by atoms with E-state index in [2.05, 4.69) is 9.88 Å². The molecule has 0 aliphatic rings. The lowest BCUT2D eigenvalue weighted by Gasteiger charge is -2.19. The molecule has 18 heavy (non-hydrogen) atoms. The third-order valence-electron chi connectivity index (χ3n) is 2.71. The molecular formula is C11H17ClFN3O2. The third kappa shape index (κ3) is 3.43. The predicted molar refractivity (Wildman–Crippen MR) is 68.7 cm³/mol. The Kier molecular flexibility index (Phi) is 5.55. The average molecular weight is 278 g/mol. The second kappa shape index (κ2) is 6.70. The lowest BCUT2D eigenvalue weighted by Crippen LogP contribution is -2.40. The van der Waals surface area contributed by atoms with Crippen LogP contribution >= 0.6 is 11.6 Å². The van der Waals surface area contributed by atoms with Gasteiger partial charge in [0.05, 0.1) is 0 Å². The molecule has 5 nitrogen and oxygen atoms in total. The molecule has 0 spiro atoms. The van der Waals surface area contributed by atoms with E-state index in [1.165, 1.54) is 0 Å². The summed E-state index contributed by atoms with van der Waals surface area (Å²) < 4.78 is 14.1. The van der Waals surface area contributed by atoms with Crippen LogP contribution in [0.15, 0.2) is 9.59 Å². The molecule has 102 valence electrons. The van der Waals surface area contributed by atoms with Crippen molar-refractivity contribution in [3.8, 4) is 0 Å². The van der Waals surface area contributed by atoms with Crippen LogP contribution in [-0.2, 0) is 6.54 Å². The number of hydrogen-bond acceptors (Lipinski definition) is 3. The summed E-state index contributed by atoms with van der Waals surface area (Å²) in [4.78, 5) is 27.2. The Morgan fingerprint density at radius 3 is 2.56 bits per heavy atom. The molecule has 1 aromatic rings. The van der Waals surface area contributed by atoms with E-state index < -0.39 is 22.2 Å². The zero-order valence-electron chi connectivity index (χ0n) is 10.5. The Bertz CT molecular complexity index is 512. The third-order valence-corrected chi connectivity index (χ3v) is 2.97. The number of halogens is 2. The van der Waals surface area contributed by atoms with Crippen molar-refractivity contribution in [1.82, 2.24) is 14.5 Å². The maximum absolute atomic E-state index is 13.3. The van der Waals surface area contributed by atoms with E-state index in [1.54, 1.807) is 0 Å². The van der Waals surface area contributed by atoms with E-state index in [-0.39, 0.29) is 6.54 Å². The molecule has 0 amide bonds. The van der Waals surface area contributed by atoms with E-state index in [4.69, 9.17) is 11.6 Å². The summed E-state index contributed by atoms with van der Waals surface area (Å²) in [5.41, 5.74) is -1.66. The zero-order valence-corrected chi connectivity index (χ0v) is 11.3. The number of aromatic nitrogens is 2. The average Bonchev–Trinajstić information content (AvgIpc) is 2.34. The summed E-state index contributed by atoms with van der Waals surface area (Å²) in [6.07, 6.45) is 0.980. The smallest absolute Gasteiger partial charge is 0.302 e. The van der Waals surface area contributed by atoms with Gasteiger partial charge in [-0.15, -0.1) is 0 Å². The summed E-state index contributed by atoms with van der Waals surface area (Å²) in [7, 11) is 0. The van der Waals surface area contributed by atoms with E-state index >= 15 is 0 Å². The second-order valence-corrected chi connectivity index (χ2v) is 4.33. The van der Waals surface area contributed by atoms with Crippen LogP contribution < -0.4 is 11.2 Å². The standard InChI is InChI=1S/C11H17ClFN3O2/c1-3-5-15(4-2)6-7-16-10(17)8(13)9(12)14-11(16)18/h3-7H2,1-2H3,(H,14,18). The number of rotatable bonds is 6. The number of aromatic amines is 1. The molecule has 1 N–H and O–H groups in total. The largest absolute Gasteiger partial charge is 0.329 e. The van der Waals surface area contributed by atoms with Crippen LogP contribution in [-0.4, -0.2) is 34.1 Å². The van der Waals surface area contributed by atoms with Crippen molar-refractivity contribution in [2.75, 3.05) is 19.6 Å². The van der Waals surface area contributed by atoms with Crippen LogP contribution in [0, 0.1) is 5.82 Å². The number of likely N-dealkylation sites (N-methyl/N-ethyl adjacent to an activating group) is 1. The Morgan fingerprint density at radius 2 is 2.00 bits per heavy atom. The first-order valence-electron chi connectivity index (χ1n) is 5.91. The van der Waals surface area contributed by atoms with Crippen LogP contribution in [0.1, 0.15) is 20.3 Å². The molecule has 0 aliphatic heterocycles. The SMILES string of the molecule is CCCN(CC)CCn1c(=O)[nH]c(Cl)c(F)c1=O. The highest BCUT2D eigenvalue weighted by Crippen LogP contribution is 2.02. The number of nitrogens with one attached hydrogen (secondary N) is 1. The van der Waals surface area contributed by atoms with E-state index in [0.717, 1.165) is 24.1 Å². The summed E-state index contributed by atoms with van der Waals surface area (Å²) in [6.45, 7) is 6.40. The fraction of sp³-hybridized carbons (Fsp3) is 0.636. The highest BCUT2D eigenvalue weighted by Gasteiger charge is 2.12. The predicted octanol–water partition coefficient (Wildman–Crippen LogP) is 1.06. The fourth-order valence-electron chi connectivity index (χ4n) is 1.71. The quantitative estimate of drug-likeness (QED) is 0.791. The highest BCUT2D eigenvalue weighted by atomic mass is 35.5. The maximum atomic E-state index is 13.3. The van der Waals surface area contributed by atoms with Crippen LogP contribution in [0.3, 0.4) is 0 Å². The van der Waals surface area contributed by atoms with Crippen molar-refractivity contribution >= 4 is 11.6 Å². The first-order chi connectivity index (χ1) is 8.51. The molecule has 0 saturated carbocycles. The van der Waals surface area contributed by atoms with Gasteiger partial charge in [-0.3, -0.25) is 14.3 Å². The molecule has 0 saturated heterocycles. The van der Waals surface area contributed by atoms with Crippen LogP contribution in [0.4, 0.5) is 4.39 Å². The van der Waals surface area contributed by atoms with Crippen molar-refractivity contribution in [3.63, 3.8) is 0 Å². The van der Waals surface area contributed by atoms with Gasteiger partial charge in [0.25, 0.3) is 5.56 Å². The van der Waals surface area contributed by atoms with Crippen molar-refractivity contribution in [2.24, 2.45) is 0 Å². The molecule has 0 atom stereocenters. The van der Waals surface area contributed by atoms with Gasteiger partial charge in [0.15, 0.2) is 5.15 Å². The molecule has 7 heteroatoms.